The fourth-order valence-electron chi connectivity index (χ4n) is 6.24. The Bertz CT molecular complexity index is 1240. The average molecular weight is 501 g/mol. The van der Waals surface area contributed by atoms with Crippen LogP contribution in [-0.4, -0.2) is 23.3 Å². The van der Waals surface area contributed by atoms with Crippen LogP contribution in [0.2, 0.25) is 0 Å². The molecule has 1 spiro atoms. The van der Waals surface area contributed by atoms with Gasteiger partial charge in [0.15, 0.2) is 0 Å². The quantitative estimate of drug-likeness (QED) is 0.529. The Morgan fingerprint density at radius 2 is 1.86 bits per heavy atom. The predicted octanol–water partition coefficient (Wildman–Crippen LogP) is 6.23. The SMILES string of the molecule is CC(C)c1nc2c(c3c1[C@@H](c1ccc(C(F)(F)F)c(C#N)c1)OC31CCOCC1)[C@@H](O)CC(C)(C)C2. The van der Waals surface area contributed by atoms with E-state index in [1.54, 1.807) is 6.07 Å². The largest absolute Gasteiger partial charge is 0.417 e. The van der Waals surface area contributed by atoms with Gasteiger partial charge in [0.1, 0.15) is 6.10 Å². The van der Waals surface area contributed by atoms with Crippen molar-refractivity contribution in [2.24, 2.45) is 5.41 Å². The van der Waals surface area contributed by atoms with Crippen molar-refractivity contribution >= 4 is 0 Å². The lowest BCUT2D eigenvalue weighted by atomic mass is 9.70. The maximum absolute atomic E-state index is 13.5. The number of pyridine rings is 1. The number of hydrogen-bond donors (Lipinski definition) is 1. The molecule has 0 unspecified atom stereocenters. The molecule has 5 nitrogen and oxygen atoms in total. The zero-order chi connectivity index (χ0) is 26.0. The summed E-state index contributed by atoms with van der Waals surface area (Å²) < 4.78 is 53.0. The van der Waals surface area contributed by atoms with E-state index in [1.165, 1.54) is 12.1 Å². The third kappa shape index (κ3) is 4.02. The van der Waals surface area contributed by atoms with Crippen LogP contribution in [0.15, 0.2) is 18.2 Å². The van der Waals surface area contributed by atoms with E-state index < -0.39 is 35.1 Å². The number of nitriles is 1. The van der Waals surface area contributed by atoms with Crippen molar-refractivity contribution in [3.8, 4) is 6.07 Å². The molecule has 3 heterocycles. The van der Waals surface area contributed by atoms with Gasteiger partial charge >= 0.3 is 6.18 Å². The number of ether oxygens (including phenoxy) is 2. The zero-order valence-electron chi connectivity index (χ0n) is 21.0. The van der Waals surface area contributed by atoms with E-state index in [0.29, 0.717) is 38.0 Å². The summed E-state index contributed by atoms with van der Waals surface area (Å²) in [6, 6.07) is 5.37. The van der Waals surface area contributed by atoms with Crippen LogP contribution in [0.1, 0.15) is 110 Å². The highest BCUT2D eigenvalue weighted by Gasteiger charge is 2.52. The molecule has 1 aliphatic carbocycles. The van der Waals surface area contributed by atoms with Crippen molar-refractivity contribution in [3.63, 3.8) is 0 Å². The molecule has 2 atom stereocenters. The van der Waals surface area contributed by atoms with Crippen molar-refractivity contribution in [2.45, 2.75) is 83.3 Å². The Kier molecular flexibility index (Phi) is 5.98. The Labute approximate surface area is 209 Å². The van der Waals surface area contributed by atoms with E-state index >= 15 is 0 Å². The van der Waals surface area contributed by atoms with Crippen molar-refractivity contribution in [1.82, 2.24) is 4.98 Å². The van der Waals surface area contributed by atoms with E-state index in [2.05, 4.69) is 13.8 Å². The van der Waals surface area contributed by atoms with Crippen molar-refractivity contribution in [3.05, 3.63) is 63.0 Å². The lowest BCUT2D eigenvalue weighted by Gasteiger charge is -2.40. The second kappa shape index (κ2) is 8.54. The maximum Gasteiger partial charge on any atom is 0.417 e. The number of rotatable bonds is 2. The number of aromatic nitrogens is 1. The number of fused-ring (bicyclic) bond motifs is 4. The first kappa shape index (κ1) is 25.2. The van der Waals surface area contributed by atoms with Gasteiger partial charge in [-0.25, -0.2) is 0 Å². The van der Waals surface area contributed by atoms with Crippen LogP contribution in [0.5, 0.6) is 0 Å². The van der Waals surface area contributed by atoms with Crippen molar-refractivity contribution < 1.29 is 27.8 Å². The maximum atomic E-state index is 13.5. The normalized spacial score (nSPS) is 24.4. The smallest absolute Gasteiger partial charge is 0.388 e. The minimum absolute atomic E-state index is 0.0252. The number of nitrogens with zero attached hydrogens (tertiary/aromatic N) is 2. The van der Waals surface area contributed by atoms with Crippen LogP contribution < -0.4 is 0 Å². The minimum atomic E-state index is -4.62. The van der Waals surface area contributed by atoms with E-state index in [1.807, 2.05) is 13.8 Å². The van der Waals surface area contributed by atoms with Crippen molar-refractivity contribution in [2.75, 3.05) is 13.2 Å². The van der Waals surface area contributed by atoms with Gasteiger partial charge in [0.2, 0.25) is 0 Å². The van der Waals surface area contributed by atoms with Gasteiger partial charge in [-0.2, -0.15) is 18.4 Å². The summed E-state index contributed by atoms with van der Waals surface area (Å²) >= 11 is 0. The number of alkyl halides is 3. The third-order valence-corrected chi connectivity index (χ3v) is 7.79. The zero-order valence-corrected chi connectivity index (χ0v) is 21.0. The summed E-state index contributed by atoms with van der Waals surface area (Å²) in [5.41, 5.74) is 2.53. The molecule has 8 heteroatoms. The number of aliphatic hydroxyl groups is 1. The Balaban J connectivity index is 1.77. The molecule has 1 aromatic carbocycles. The number of aliphatic hydroxyl groups excluding tert-OH is 1. The van der Waals surface area contributed by atoms with E-state index in [9.17, 15) is 23.5 Å². The van der Waals surface area contributed by atoms with Crippen LogP contribution in [0.4, 0.5) is 13.2 Å². The molecule has 36 heavy (non-hydrogen) atoms. The summed E-state index contributed by atoms with van der Waals surface area (Å²) in [5.74, 6) is 0.0252. The standard InChI is InChI=1S/C28H31F3N2O3/c1-15(2)24-22-23(21-19(33-24)12-26(3,4)13-20(21)34)27(7-9-35-10-8-27)36-25(22)16-5-6-18(28(29,30)31)17(11-16)14-32/h5-6,11,15,20,25,34H,7-10,12-13H2,1-4H3/t20-,25+/m0/s1. The van der Waals surface area contributed by atoms with E-state index in [0.717, 1.165) is 40.6 Å². The number of benzene rings is 1. The first-order chi connectivity index (χ1) is 16.9. The first-order valence-electron chi connectivity index (χ1n) is 12.5. The summed E-state index contributed by atoms with van der Waals surface area (Å²) in [6.45, 7) is 9.30. The van der Waals surface area contributed by atoms with Gasteiger partial charge in [-0.05, 0) is 47.4 Å². The van der Waals surface area contributed by atoms with E-state index in [-0.39, 0.29) is 11.3 Å². The van der Waals surface area contributed by atoms with Gasteiger partial charge in [-0.15, -0.1) is 0 Å². The summed E-state index contributed by atoms with van der Waals surface area (Å²) in [6.07, 6.45) is -3.56. The summed E-state index contributed by atoms with van der Waals surface area (Å²) in [5, 5.41) is 20.9. The molecule has 2 aromatic rings. The topological polar surface area (TPSA) is 75.4 Å². The molecule has 0 amide bonds. The molecule has 3 aliphatic rings. The second-order valence-corrected chi connectivity index (χ2v) is 11.4. The van der Waals surface area contributed by atoms with Crippen LogP contribution in [0.25, 0.3) is 0 Å². The van der Waals surface area contributed by atoms with E-state index in [4.69, 9.17) is 14.5 Å². The molecular formula is C28H31F3N2O3. The second-order valence-electron chi connectivity index (χ2n) is 11.4. The molecular weight excluding hydrogens is 469 g/mol. The molecule has 1 fully saturated rings. The molecule has 2 aliphatic heterocycles. The Morgan fingerprint density at radius 3 is 2.47 bits per heavy atom. The monoisotopic (exact) mass is 500 g/mol. The third-order valence-electron chi connectivity index (χ3n) is 7.79. The van der Waals surface area contributed by atoms with Crippen LogP contribution in [0, 0.1) is 16.7 Å². The lowest BCUT2D eigenvalue weighted by molar-refractivity contribution is -0.138. The van der Waals surface area contributed by atoms with Crippen LogP contribution in [0.3, 0.4) is 0 Å². The fraction of sp³-hybridized carbons (Fsp3) is 0.571. The molecule has 1 saturated heterocycles. The molecule has 1 N–H and O–H groups in total. The highest BCUT2D eigenvalue weighted by Crippen LogP contribution is 2.57. The highest BCUT2D eigenvalue weighted by atomic mass is 19.4. The van der Waals surface area contributed by atoms with Gasteiger partial charge in [0.25, 0.3) is 0 Å². The molecule has 5 rings (SSSR count). The fourth-order valence-corrected chi connectivity index (χ4v) is 6.24. The molecule has 192 valence electrons. The molecule has 0 radical (unpaired) electrons. The number of halogens is 3. The van der Waals surface area contributed by atoms with Crippen LogP contribution >= 0.6 is 0 Å². The molecule has 0 saturated carbocycles. The highest BCUT2D eigenvalue weighted by molar-refractivity contribution is 5.55. The molecule has 0 bridgehead atoms. The van der Waals surface area contributed by atoms with Gasteiger partial charge in [0, 0.05) is 48.6 Å². The molecule has 1 aromatic heterocycles. The van der Waals surface area contributed by atoms with Gasteiger partial charge in [0.05, 0.1) is 28.9 Å². The summed E-state index contributed by atoms with van der Waals surface area (Å²) in [4.78, 5) is 5.07. The van der Waals surface area contributed by atoms with Gasteiger partial charge < -0.3 is 14.6 Å². The van der Waals surface area contributed by atoms with Gasteiger partial charge in [-0.3, -0.25) is 4.98 Å². The van der Waals surface area contributed by atoms with Gasteiger partial charge in [-0.1, -0.05) is 33.8 Å². The number of hydrogen-bond acceptors (Lipinski definition) is 5. The minimum Gasteiger partial charge on any atom is -0.388 e. The van der Waals surface area contributed by atoms with Crippen molar-refractivity contribution in [1.29, 1.82) is 5.26 Å². The summed E-state index contributed by atoms with van der Waals surface area (Å²) in [7, 11) is 0. The predicted molar refractivity (Wildman–Crippen MR) is 126 cm³/mol. The van der Waals surface area contributed by atoms with Crippen LogP contribution in [-0.2, 0) is 27.7 Å². The lowest BCUT2D eigenvalue weighted by Crippen LogP contribution is -2.37. The Morgan fingerprint density at radius 1 is 1.17 bits per heavy atom. The first-order valence-corrected chi connectivity index (χ1v) is 12.5. The Hall–Kier alpha value is -2.47. The average Bonchev–Trinajstić information content (AvgIpc) is 3.11.